The van der Waals surface area contributed by atoms with Gasteiger partial charge in [-0.1, -0.05) is 240 Å². The summed E-state index contributed by atoms with van der Waals surface area (Å²) in [6, 6.07) is 16.6. The number of rotatable bonds is 39. The van der Waals surface area contributed by atoms with Crippen molar-refractivity contribution in [2.24, 2.45) is 23.7 Å². The Morgan fingerprint density at radius 2 is 0.600 bits per heavy atom. The highest BCUT2D eigenvalue weighted by Crippen LogP contribution is 2.36. The van der Waals surface area contributed by atoms with Crippen molar-refractivity contribution in [3.8, 4) is 34.3 Å². The van der Waals surface area contributed by atoms with Crippen molar-refractivity contribution < 1.29 is 9.47 Å². The predicted octanol–water partition coefficient (Wildman–Crippen LogP) is 21.1. The van der Waals surface area contributed by atoms with Gasteiger partial charge in [-0.15, -0.1) is 0 Å². The molecule has 0 aliphatic heterocycles. The first-order chi connectivity index (χ1) is 37.1. The second-order valence-electron chi connectivity index (χ2n) is 23.4. The number of nitrogens with zero attached hydrogens (tertiary/aromatic N) is 4. The molecule has 418 valence electrons. The highest BCUT2D eigenvalue weighted by molar-refractivity contribution is 5.56. The fourth-order valence-corrected chi connectivity index (χ4v) is 11.8. The summed E-state index contributed by atoms with van der Waals surface area (Å²) in [5.74, 6) is 7.29. The van der Waals surface area contributed by atoms with Crippen LogP contribution >= 0.6 is 0 Å². The summed E-state index contributed by atoms with van der Waals surface area (Å²) in [7, 11) is 0. The van der Waals surface area contributed by atoms with Crippen LogP contribution in [0.1, 0.15) is 276 Å². The molecule has 0 bridgehead atoms. The summed E-state index contributed by atoms with van der Waals surface area (Å²) < 4.78 is 11.9. The number of hydrogen-bond donors (Lipinski definition) is 0. The van der Waals surface area contributed by atoms with Crippen LogP contribution in [0, 0.1) is 23.7 Å². The standard InChI is InChI=1S/C35H56N2O.C34H54N2O/c1-3-5-7-8-9-10-11-12-13-15-27-38-34-25-23-33(24-26-34)35-36-28-32(29-37-35)22-21-31-19-17-30(18-20-31)16-14-6-4-2;1-3-5-7-8-9-10-11-12-13-14-26-37-33-24-22-32(23-25-33)34-35-27-31(28-36-34)21-20-30-18-16-29(17-19-30)15-6-4-2/h23-26,28-31H,3-22,27H2,1-2H3;22-25,27-30H,3-21,26H2,1-2H3. The Bertz CT molecular complexity index is 1920. The van der Waals surface area contributed by atoms with E-state index in [4.69, 9.17) is 9.47 Å². The zero-order valence-corrected chi connectivity index (χ0v) is 48.8. The number of unbranched alkanes of at least 4 members (excludes halogenated alkanes) is 21. The van der Waals surface area contributed by atoms with E-state index in [0.29, 0.717) is 0 Å². The second kappa shape index (κ2) is 40.4. The van der Waals surface area contributed by atoms with Crippen molar-refractivity contribution >= 4 is 0 Å². The summed E-state index contributed by atoms with van der Waals surface area (Å²) in [4.78, 5) is 18.7. The monoisotopic (exact) mass is 1030 g/mol. The van der Waals surface area contributed by atoms with Crippen LogP contribution in [0.25, 0.3) is 22.8 Å². The molecule has 0 amide bonds. The van der Waals surface area contributed by atoms with Gasteiger partial charge in [0.05, 0.1) is 13.2 Å². The molecule has 0 N–H and O–H groups in total. The van der Waals surface area contributed by atoms with Crippen LogP contribution in [0.2, 0.25) is 0 Å². The van der Waals surface area contributed by atoms with E-state index >= 15 is 0 Å². The van der Waals surface area contributed by atoms with Gasteiger partial charge in [-0.2, -0.15) is 0 Å². The summed E-state index contributed by atoms with van der Waals surface area (Å²) in [6.45, 7) is 10.8. The molecular weight excluding hydrogens is 917 g/mol. The van der Waals surface area contributed by atoms with E-state index in [0.717, 1.165) is 96.8 Å². The molecule has 0 unspecified atom stereocenters. The number of benzene rings is 2. The Labute approximate surface area is 461 Å². The minimum atomic E-state index is 0.807. The number of aryl methyl sites for hydroxylation is 2. The van der Waals surface area contributed by atoms with Gasteiger partial charge in [0.2, 0.25) is 0 Å². The van der Waals surface area contributed by atoms with Gasteiger partial charge in [-0.25, -0.2) is 19.9 Å². The molecule has 0 radical (unpaired) electrons. The van der Waals surface area contributed by atoms with Gasteiger partial charge >= 0.3 is 0 Å². The van der Waals surface area contributed by atoms with Crippen molar-refractivity contribution in [3.63, 3.8) is 0 Å². The molecule has 0 spiro atoms. The van der Waals surface area contributed by atoms with E-state index < -0.39 is 0 Å². The van der Waals surface area contributed by atoms with Gasteiger partial charge in [0, 0.05) is 35.9 Å². The third-order valence-electron chi connectivity index (χ3n) is 17.0. The van der Waals surface area contributed by atoms with Gasteiger partial charge in [0.15, 0.2) is 11.6 Å². The summed E-state index contributed by atoms with van der Waals surface area (Å²) in [6.07, 6.45) is 61.2. The fraction of sp³-hybridized carbons (Fsp3) is 0.710. The van der Waals surface area contributed by atoms with E-state index in [1.807, 2.05) is 24.8 Å². The van der Waals surface area contributed by atoms with Gasteiger partial charge in [-0.3, -0.25) is 0 Å². The van der Waals surface area contributed by atoms with Crippen LogP contribution in [0.3, 0.4) is 0 Å². The molecule has 2 heterocycles. The van der Waals surface area contributed by atoms with E-state index in [1.165, 1.54) is 236 Å². The van der Waals surface area contributed by atoms with Crippen LogP contribution < -0.4 is 9.47 Å². The highest BCUT2D eigenvalue weighted by Gasteiger charge is 2.22. The molecule has 4 aromatic rings. The fourth-order valence-electron chi connectivity index (χ4n) is 11.8. The van der Waals surface area contributed by atoms with E-state index in [9.17, 15) is 0 Å². The summed E-state index contributed by atoms with van der Waals surface area (Å²) >= 11 is 0. The Balaban J connectivity index is 0.000000277. The minimum Gasteiger partial charge on any atom is -0.494 e. The van der Waals surface area contributed by atoms with Gasteiger partial charge < -0.3 is 9.47 Å². The first-order valence-electron chi connectivity index (χ1n) is 32.1. The molecular formula is C69H110N4O2. The molecule has 2 aliphatic carbocycles. The minimum absolute atomic E-state index is 0.807. The number of ether oxygens (including phenoxy) is 2. The first-order valence-corrected chi connectivity index (χ1v) is 32.1. The smallest absolute Gasteiger partial charge is 0.159 e. The van der Waals surface area contributed by atoms with Crippen molar-refractivity contribution in [2.45, 2.75) is 278 Å². The average molecular weight is 1030 g/mol. The van der Waals surface area contributed by atoms with Gasteiger partial charge in [-0.05, 0) is 122 Å². The first kappa shape index (κ1) is 62.0. The molecule has 2 saturated carbocycles. The van der Waals surface area contributed by atoms with Gasteiger partial charge in [0.1, 0.15) is 11.5 Å². The molecule has 2 aromatic carbocycles. The van der Waals surface area contributed by atoms with Crippen LogP contribution in [-0.2, 0) is 12.8 Å². The van der Waals surface area contributed by atoms with Crippen LogP contribution in [0.5, 0.6) is 11.5 Å². The lowest BCUT2D eigenvalue weighted by molar-refractivity contribution is 0.249. The zero-order chi connectivity index (χ0) is 52.6. The summed E-state index contributed by atoms with van der Waals surface area (Å²) in [5.41, 5.74) is 4.66. The van der Waals surface area contributed by atoms with Crippen molar-refractivity contribution in [3.05, 3.63) is 84.4 Å². The Morgan fingerprint density at radius 3 is 0.933 bits per heavy atom. The Morgan fingerprint density at radius 1 is 0.320 bits per heavy atom. The third kappa shape index (κ3) is 27.4. The van der Waals surface area contributed by atoms with E-state index in [2.05, 4.69) is 96.2 Å². The molecule has 2 aromatic heterocycles. The second-order valence-corrected chi connectivity index (χ2v) is 23.4. The van der Waals surface area contributed by atoms with Crippen LogP contribution in [0.15, 0.2) is 73.3 Å². The Kier molecular flexibility index (Phi) is 33.4. The topological polar surface area (TPSA) is 70.0 Å². The van der Waals surface area contributed by atoms with E-state index in [-0.39, 0.29) is 0 Å². The lowest BCUT2D eigenvalue weighted by Gasteiger charge is -2.28. The quantitative estimate of drug-likeness (QED) is 0.0415. The van der Waals surface area contributed by atoms with Crippen molar-refractivity contribution in [1.82, 2.24) is 19.9 Å². The molecule has 0 atom stereocenters. The maximum atomic E-state index is 5.97. The molecule has 6 nitrogen and oxygen atoms in total. The molecule has 6 heteroatoms. The van der Waals surface area contributed by atoms with Crippen LogP contribution in [0.4, 0.5) is 0 Å². The number of aromatic nitrogens is 4. The average Bonchev–Trinajstić information content (AvgIpc) is 3.46. The molecule has 6 rings (SSSR count). The maximum Gasteiger partial charge on any atom is 0.159 e. The molecule has 75 heavy (non-hydrogen) atoms. The Hall–Kier alpha value is -3.80. The molecule has 2 fully saturated rings. The van der Waals surface area contributed by atoms with Gasteiger partial charge in [0.25, 0.3) is 0 Å². The largest absolute Gasteiger partial charge is 0.494 e. The normalized spacial score (nSPS) is 17.6. The van der Waals surface area contributed by atoms with Crippen molar-refractivity contribution in [2.75, 3.05) is 13.2 Å². The zero-order valence-electron chi connectivity index (χ0n) is 48.8. The van der Waals surface area contributed by atoms with Crippen LogP contribution in [-0.4, -0.2) is 33.1 Å². The number of hydrogen-bond acceptors (Lipinski definition) is 6. The molecule has 2 aliphatic rings. The van der Waals surface area contributed by atoms with Crippen molar-refractivity contribution in [1.29, 1.82) is 0 Å². The predicted molar refractivity (Wildman–Crippen MR) is 321 cm³/mol. The lowest BCUT2D eigenvalue weighted by Crippen LogP contribution is -2.15. The lowest BCUT2D eigenvalue weighted by atomic mass is 9.78. The molecule has 0 saturated heterocycles. The highest BCUT2D eigenvalue weighted by atomic mass is 16.5. The maximum absolute atomic E-state index is 5.97. The SMILES string of the molecule is CCCCCCCCCCCCOc1ccc(-c2ncc(CCC3CCC(CCCC)CC3)cn2)cc1.CCCCCCCCCCCCOc1ccc(-c2ncc(CCC3CCC(CCCCC)CC3)cn2)cc1. The summed E-state index contributed by atoms with van der Waals surface area (Å²) in [5, 5.41) is 0. The van der Waals surface area contributed by atoms with E-state index in [1.54, 1.807) is 0 Å². The third-order valence-corrected chi connectivity index (χ3v) is 17.0.